The average Bonchev–Trinajstić information content (AvgIpc) is 2.40. The molecule has 2 rings (SSSR count). The summed E-state index contributed by atoms with van der Waals surface area (Å²) in [6, 6.07) is 10.1. The normalized spacial score (nSPS) is 10.0. The lowest BCUT2D eigenvalue weighted by Gasteiger charge is -2.07. The first-order valence-corrected chi connectivity index (χ1v) is 6.45. The molecule has 0 aliphatic heterocycles. The van der Waals surface area contributed by atoms with Crippen molar-refractivity contribution in [1.29, 1.82) is 0 Å². The van der Waals surface area contributed by atoms with Gasteiger partial charge in [0.1, 0.15) is 18.0 Å². The summed E-state index contributed by atoms with van der Waals surface area (Å²) in [5.74, 6) is 1.57. The van der Waals surface area contributed by atoms with Gasteiger partial charge in [-0.05, 0) is 30.5 Å². The fourth-order valence-corrected chi connectivity index (χ4v) is 1.79. The van der Waals surface area contributed by atoms with Crippen LogP contribution < -0.4 is 10.6 Å². The van der Waals surface area contributed by atoms with Gasteiger partial charge >= 0.3 is 0 Å². The Balaban J connectivity index is 2.13. The van der Waals surface area contributed by atoms with Gasteiger partial charge in [0.2, 0.25) is 0 Å². The molecule has 17 heavy (non-hydrogen) atoms. The standard InChI is InChI=1S/C12H14N4S/c1-13-11-7-12(15-8-14-11)16-9-3-5-10(17-2)6-4-9/h3-8H,1-2H3,(H2,13,14,15,16). The highest BCUT2D eigenvalue weighted by atomic mass is 32.2. The van der Waals surface area contributed by atoms with Gasteiger partial charge in [0, 0.05) is 23.7 Å². The molecule has 4 nitrogen and oxygen atoms in total. The van der Waals surface area contributed by atoms with Crippen LogP contribution in [0.1, 0.15) is 0 Å². The molecule has 0 atom stereocenters. The third-order valence-corrected chi connectivity index (χ3v) is 3.03. The zero-order valence-electron chi connectivity index (χ0n) is 9.77. The molecule has 2 N–H and O–H groups in total. The molecule has 0 aliphatic rings. The van der Waals surface area contributed by atoms with Gasteiger partial charge in [-0.15, -0.1) is 11.8 Å². The predicted molar refractivity (Wildman–Crippen MR) is 73.1 cm³/mol. The lowest BCUT2D eigenvalue weighted by Crippen LogP contribution is -1.97. The lowest BCUT2D eigenvalue weighted by molar-refractivity contribution is 1.16. The monoisotopic (exact) mass is 246 g/mol. The number of nitrogens with zero attached hydrogens (tertiary/aromatic N) is 2. The second-order valence-corrected chi connectivity index (χ2v) is 4.27. The average molecular weight is 246 g/mol. The van der Waals surface area contributed by atoms with Gasteiger partial charge in [0.25, 0.3) is 0 Å². The number of benzene rings is 1. The van der Waals surface area contributed by atoms with Crippen LogP contribution in [0.15, 0.2) is 41.6 Å². The Morgan fingerprint density at radius 3 is 2.41 bits per heavy atom. The molecule has 2 aromatic rings. The van der Waals surface area contributed by atoms with E-state index in [0.29, 0.717) is 0 Å². The lowest BCUT2D eigenvalue weighted by atomic mass is 10.3. The van der Waals surface area contributed by atoms with Gasteiger partial charge in [0.15, 0.2) is 0 Å². The van der Waals surface area contributed by atoms with Gasteiger partial charge in [-0.25, -0.2) is 9.97 Å². The van der Waals surface area contributed by atoms with E-state index in [2.05, 4.69) is 39.0 Å². The first-order valence-electron chi connectivity index (χ1n) is 5.22. The highest BCUT2D eigenvalue weighted by Gasteiger charge is 1.98. The van der Waals surface area contributed by atoms with Crippen LogP contribution in [0, 0.1) is 0 Å². The van der Waals surface area contributed by atoms with Gasteiger partial charge < -0.3 is 10.6 Å². The van der Waals surface area contributed by atoms with Gasteiger partial charge in [-0.3, -0.25) is 0 Å². The molecule has 0 fully saturated rings. The van der Waals surface area contributed by atoms with Crippen LogP contribution in [0.25, 0.3) is 0 Å². The molecule has 5 heteroatoms. The quantitative estimate of drug-likeness (QED) is 0.812. The Morgan fingerprint density at radius 2 is 1.76 bits per heavy atom. The van der Waals surface area contributed by atoms with Crippen molar-refractivity contribution in [3.05, 3.63) is 36.7 Å². The molecule has 1 aromatic heterocycles. The van der Waals surface area contributed by atoms with Crippen molar-refractivity contribution in [2.24, 2.45) is 0 Å². The minimum absolute atomic E-state index is 0.779. The van der Waals surface area contributed by atoms with E-state index in [9.17, 15) is 0 Å². The molecule has 0 saturated heterocycles. The van der Waals surface area contributed by atoms with Crippen molar-refractivity contribution >= 4 is 29.1 Å². The first kappa shape index (κ1) is 11.7. The second kappa shape index (κ2) is 5.54. The summed E-state index contributed by atoms with van der Waals surface area (Å²) >= 11 is 1.73. The van der Waals surface area contributed by atoms with E-state index in [1.165, 1.54) is 11.2 Å². The van der Waals surface area contributed by atoms with Gasteiger partial charge in [-0.2, -0.15) is 0 Å². The third kappa shape index (κ3) is 3.10. The molecule has 0 saturated carbocycles. The number of hydrogen-bond acceptors (Lipinski definition) is 5. The number of anilines is 3. The Hall–Kier alpha value is -1.75. The molecule has 1 aromatic carbocycles. The van der Waals surface area contributed by atoms with Crippen molar-refractivity contribution in [2.45, 2.75) is 4.90 Å². The van der Waals surface area contributed by atoms with Crippen molar-refractivity contribution in [2.75, 3.05) is 23.9 Å². The minimum Gasteiger partial charge on any atom is -0.373 e. The van der Waals surface area contributed by atoms with Crippen LogP contribution in [-0.2, 0) is 0 Å². The zero-order valence-corrected chi connectivity index (χ0v) is 10.6. The highest BCUT2D eigenvalue weighted by Crippen LogP contribution is 2.20. The van der Waals surface area contributed by atoms with Gasteiger partial charge in [0.05, 0.1) is 0 Å². The van der Waals surface area contributed by atoms with E-state index in [1.807, 2.05) is 25.2 Å². The number of thioether (sulfide) groups is 1. The van der Waals surface area contributed by atoms with E-state index in [4.69, 9.17) is 0 Å². The van der Waals surface area contributed by atoms with Crippen molar-refractivity contribution < 1.29 is 0 Å². The maximum Gasteiger partial charge on any atom is 0.135 e. The minimum atomic E-state index is 0.779. The molecular formula is C12H14N4S. The summed E-state index contributed by atoms with van der Waals surface area (Å²) in [6.07, 6.45) is 3.59. The van der Waals surface area contributed by atoms with Crippen LogP contribution in [0.4, 0.5) is 17.3 Å². The molecule has 0 amide bonds. The SMILES string of the molecule is CNc1cc(Nc2ccc(SC)cc2)ncn1. The fraction of sp³-hybridized carbons (Fsp3) is 0.167. The largest absolute Gasteiger partial charge is 0.373 e. The van der Waals surface area contributed by atoms with Crippen molar-refractivity contribution in [1.82, 2.24) is 9.97 Å². The summed E-state index contributed by atoms with van der Waals surface area (Å²) in [5.41, 5.74) is 1.02. The third-order valence-electron chi connectivity index (χ3n) is 2.29. The second-order valence-electron chi connectivity index (χ2n) is 3.39. The highest BCUT2D eigenvalue weighted by molar-refractivity contribution is 7.98. The Labute approximate surface area is 105 Å². The molecular weight excluding hydrogens is 232 g/mol. The number of rotatable bonds is 4. The topological polar surface area (TPSA) is 49.8 Å². The first-order chi connectivity index (χ1) is 8.31. The maximum absolute atomic E-state index is 4.16. The maximum atomic E-state index is 4.16. The number of aromatic nitrogens is 2. The Kier molecular flexibility index (Phi) is 3.82. The van der Waals surface area contributed by atoms with E-state index >= 15 is 0 Å². The van der Waals surface area contributed by atoms with E-state index in [1.54, 1.807) is 11.8 Å². The van der Waals surface area contributed by atoms with Crippen LogP contribution in [-0.4, -0.2) is 23.3 Å². The summed E-state index contributed by atoms with van der Waals surface area (Å²) in [7, 11) is 1.83. The van der Waals surface area contributed by atoms with Crippen LogP contribution in [0.2, 0.25) is 0 Å². The Morgan fingerprint density at radius 1 is 1.06 bits per heavy atom. The van der Waals surface area contributed by atoms with E-state index in [0.717, 1.165) is 17.3 Å². The molecule has 1 heterocycles. The summed E-state index contributed by atoms with van der Waals surface area (Å²) in [6.45, 7) is 0. The number of hydrogen-bond donors (Lipinski definition) is 2. The van der Waals surface area contributed by atoms with Gasteiger partial charge in [-0.1, -0.05) is 0 Å². The zero-order chi connectivity index (χ0) is 12.1. The molecule has 0 spiro atoms. The molecule has 0 bridgehead atoms. The predicted octanol–water partition coefficient (Wildman–Crippen LogP) is 2.98. The molecule has 88 valence electrons. The fourth-order valence-electron chi connectivity index (χ4n) is 1.38. The molecule has 0 unspecified atom stereocenters. The van der Waals surface area contributed by atoms with Crippen LogP contribution in [0.3, 0.4) is 0 Å². The molecule has 0 radical (unpaired) electrons. The van der Waals surface area contributed by atoms with Crippen LogP contribution in [0.5, 0.6) is 0 Å². The summed E-state index contributed by atoms with van der Waals surface area (Å²) < 4.78 is 0. The van der Waals surface area contributed by atoms with E-state index < -0.39 is 0 Å². The number of nitrogens with one attached hydrogen (secondary N) is 2. The smallest absolute Gasteiger partial charge is 0.135 e. The molecule has 0 aliphatic carbocycles. The summed E-state index contributed by atoms with van der Waals surface area (Å²) in [4.78, 5) is 9.46. The van der Waals surface area contributed by atoms with E-state index in [-0.39, 0.29) is 0 Å². The van der Waals surface area contributed by atoms with Crippen LogP contribution >= 0.6 is 11.8 Å². The van der Waals surface area contributed by atoms with Crippen molar-refractivity contribution in [3.8, 4) is 0 Å². The van der Waals surface area contributed by atoms with Crippen molar-refractivity contribution in [3.63, 3.8) is 0 Å². The summed E-state index contributed by atoms with van der Waals surface area (Å²) in [5, 5.41) is 6.21. The Bertz CT molecular complexity index is 484.